The lowest BCUT2D eigenvalue weighted by Crippen LogP contribution is -2.42. The summed E-state index contributed by atoms with van der Waals surface area (Å²) in [4.78, 5) is 0. The van der Waals surface area contributed by atoms with Crippen molar-refractivity contribution in [1.29, 1.82) is 0 Å². The zero-order chi connectivity index (χ0) is 9.52. The molecule has 0 aromatic rings. The molecule has 0 heterocycles. The molecule has 3 N–H and O–H groups in total. The highest BCUT2D eigenvalue weighted by Crippen LogP contribution is 2.28. The van der Waals surface area contributed by atoms with Crippen molar-refractivity contribution in [2.24, 2.45) is 11.8 Å². The van der Waals surface area contributed by atoms with Crippen LogP contribution in [-0.4, -0.2) is 17.5 Å². The highest BCUT2D eigenvalue weighted by Gasteiger charge is 2.23. The quantitative estimate of drug-likeness (QED) is 0.394. The number of rotatable bonds is 6. The minimum absolute atomic E-state index is 0.555. The summed E-state index contributed by atoms with van der Waals surface area (Å²) in [6.45, 7) is 2.23. The molecular weight excluding hydrogens is 180 g/mol. The zero-order valence-corrected chi connectivity index (χ0v) is 9.41. The molecule has 1 rings (SSSR count). The largest absolute Gasteiger partial charge is 0.271 e. The van der Waals surface area contributed by atoms with Crippen LogP contribution in [0.4, 0.5) is 0 Å². The summed E-state index contributed by atoms with van der Waals surface area (Å²) < 4.78 is 0. The monoisotopic (exact) mass is 202 g/mol. The first-order valence-electron chi connectivity index (χ1n) is 5.42. The average Bonchev–Trinajstić information content (AvgIpc) is 2.65. The van der Waals surface area contributed by atoms with Crippen molar-refractivity contribution in [2.75, 3.05) is 11.5 Å². The van der Waals surface area contributed by atoms with Gasteiger partial charge in [-0.25, -0.2) is 0 Å². The van der Waals surface area contributed by atoms with Crippen molar-refractivity contribution in [3.63, 3.8) is 0 Å². The van der Waals surface area contributed by atoms with E-state index in [-0.39, 0.29) is 0 Å². The Morgan fingerprint density at radius 3 is 2.69 bits per heavy atom. The average molecular weight is 202 g/mol. The van der Waals surface area contributed by atoms with E-state index in [0.717, 1.165) is 5.92 Å². The summed E-state index contributed by atoms with van der Waals surface area (Å²) in [7, 11) is 0. The predicted molar refractivity (Wildman–Crippen MR) is 60.7 cm³/mol. The van der Waals surface area contributed by atoms with Gasteiger partial charge in [0.05, 0.1) is 0 Å². The van der Waals surface area contributed by atoms with Crippen molar-refractivity contribution in [2.45, 2.75) is 45.1 Å². The molecule has 13 heavy (non-hydrogen) atoms. The number of hydrogen-bond donors (Lipinski definition) is 2. The number of hydrazine groups is 1. The molecule has 3 heteroatoms. The molecule has 0 radical (unpaired) electrons. The molecule has 1 unspecified atom stereocenters. The smallest absolute Gasteiger partial charge is 0.0329 e. The van der Waals surface area contributed by atoms with Crippen LogP contribution in [-0.2, 0) is 0 Å². The summed E-state index contributed by atoms with van der Waals surface area (Å²) in [6.07, 6.45) is 6.83. The first kappa shape index (κ1) is 11.3. The fourth-order valence-corrected chi connectivity index (χ4v) is 3.11. The van der Waals surface area contributed by atoms with Crippen molar-refractivity contribution in [1.82, 2.24) is 5.43 Å². The Hall–Kier alpha value is 0.270. The molecule has 1 fully saturated rings. The van der Waals surface area contributed by atoms with Gasteiger partial charge in [-0.2, -0.15) is 11.8 Å². The topological polar surface area (TPSA) is 38.0 Å². The molecule has 0 aromatic heterocycles. The highest BCUT2D eigenvalue weighted by atomic mass is 32.2. The Kier molecular flexibility index (Phi) is 5.83. The Bertz CT molecular complexity index is 124. The third-order valence-corrected chi connectivity index (χ3v) is 4.12. The summed E-state index contributed by atoms with van der Waals surface area (Å²) in [5.74, 6) is 8.87. The van der Waals surface area contributed by atoms with Gasteiger partial charge in [0.1, 0.15) is 0 Å². The summed E-state index contributed by atoms with van der Waals surface area (Å²) >= 11 is 2.03. The van der Waals surface area contributed by atoms with Crippen LogP contribution in [0.5, 0.6) is 0 Å². The van der Waals surface area contributed by atoms with E-state index in [1.165, 1.54) is 43.6 Å². The van der Waals surface area contributed by atoms with Gasteiger partial charge in [0.2, 0.25) is 0 Å². The standard InChI is InChI=1S/C10H22N2S/c1-2-7-13-8-10(12-11)9-5-3-4-6-9/h9-10,12H,2-8,11H2,1H3. The lowest BCUT2D eigenvalue weighted by Gasteiger charge is -2.21. The van der Waals surface area contributed by atoms with Crippen LogP contribution in [0.25, 0.3) is 0 Å². The van der Waals surface area contributed by atoms with E-state index in [1.54, 1.807) is 0 Å². The Balaban J connectivity index is 2.16. The van der Waals surface area contributed by atoms with Gasteiger partial charge in [0, 0.05) is 11.8 Å². The van der Waals surface area contributed by atoms with Gasteiger partial charge in [-0.3, -0.25) is 11.3 Å². The maximum atomic E-state index is 5.57. The normalized spacial score (nSPS) is 20.8. The van der Waals surface area contributed by atoms with Crippen LogP contribution in [0, 0.1) is 5.92 Å². The molecule has 0 aromatic carbocycles. The van der Waals surface area contributed by atoms with Crippen molar-refractivity contribution < 1.29 is 0 Å². The highest BCUT2D eigenvalue weighted by molar-refractivity contribution is 7.99. The van der Waals surface area contributed by atoms with Crippen molar-refractivity contribution in [3.8, 4) is 0 Å². The number of hydrogen-bond acceptors (Lipinski definition) is 3. The van der Waals surface area contributed by atoms with Crippen molar-refractivity contribution >= 4 is 11.8 Å². The maximum absolute atomic E-state index is 5.57. The Morgan fingerprint density at radius 1 is 1.46 bits per heavy atom. The zero-order valence-electron chi connectivity index (χ0n) is 8.59. The minimum Gasteiger partial charge on any atom is -0.271 e. The third kappa shape index (κ3) is 3.88. The molecule has 0 bridgehead atoms. The second-order valence-corrected chi connectivity index (χ2v) is 5.04. The maximum Gasteiger partial charge on any atom is 0.0329 e. The number of nitrogens with two attached hydrogens (primary N) is 1. The van der Waals surface area contributed by atoms with Crippen LogP contribution >= 0.6 is 11.8 Å². The molecule has 0 saturated heterocycles. The SMILES string of the molecule is CCCSCC(NN)C1CCCC1. The van der Waals surface area contributed by atoms with E-state index in [1.807, 2.05) is 11.8 Å². The third-order valence-electron chi connectivity index (χ3n) is 2.83. The van der Waals surface area contributed by atoms with Gasteiger partial charge in [-0.05, 0) is 30.9 Å². The van der Waals surface area contributed by atoms with Crippen LogP contribution in [0.2, 0.25) is 0 Å². The molecular formula is C10H22N2S. The van der Waals surface area contributed by atoms with E-state index in [9.17, 15) is 0 Å². The predicted octanol–water partition coefficient (Wildman–Crippen LogP) is 2.15. The lowest BCUT2D eigenvalue weighted by atomic mass is 10.0. The van der Waals surface area contributed by atoms with E-state index < -0.39 is 0 Å². The summed E-state index contributed by atoms with van der Waals surface area (Å²) in [5.41, 5.74) is 2.98. The molecule has 1 saturated carbocycles. The van der Waals surface area contributed by atoms with Crippen LogP contribution < -0.4 is 11.3 Å². The summed E-state index contributed by atoms with van der Waals surface area (Å²) in [6, 6.07) is 0.555. The van der Waals surface area contributed by atoms with E-state index in [2.05, 4.69) is 12.3 Å². The number of nitrogens with one attached hydrogen (secondary N) is 1. The van der Waals surface area contributed by atoms with Gasteiger partial charge in [-0.1, -0.05) is 19.8 Å². The Labute approximate surface area is 86.0 Å². The molecule has 0 aliphatic heterocycles. The molecule has 78 valence electrons. The molecule has 1 aliphatic rings. The minimum atomic E-state index is 0.555. The van der Waals surface area contributed by atoms with Gasteiger partial charge in [-0.15, -0.1) is 0 Å². The van der Waals surface area contributed by atoms with E-state index >= 15 is 0 Å². The summed E-state index contributed by atoms with van der Waals surface area (Å²) in [5, 5.41) is 0. The first-order chi connectivity index (χ1) is 6.38. The molecule has 2 nitrogen and oxygen atoms in total. The molecule has 1 atom stereocenters. The molecule has 0 spiro atoms. The van der Waals surface area contributed by atoms with Crippen molar-refractivity contribution in [3.05, 3.63) is 0 Å². The van der Waals surface area contributed by atoms with Gasteiger partial charge >= 0.3 is 0 Å². The second kappa shape index (κ2) is 6.68. The number of thioether (sulfide) groups is 1. The van der Waals surface area contributed by atoms with Crippen LogP contribution in [0.1, 0.15) is 39.0 Å². The molecule has 1 aliphatic carbocycles. The Morgan fingerprint density at radius 2 is 2.15 bits per heavy atom. The van der Waals surface area contributed by atoms with Gasteiger partial charge < -0.3 is 0 Å². The van der Waals surface area contributed by atoms with Gasteiger partial charge in [0.25, 0.3) is 0 Å². The van der Waals surface area contributed by atoms with E-state index in [0.29, 0.717) is 6.04 Å². The lowest BCUT2D eigenvalue weighted by molar-refractivity contribution is 0.393. The van der Waals surface area contributed by atoms with Crippen LogP contribution in [0.3, 0.4) is 0 Å². The first-order valence-corrected chi connectivity index (χ1v) is 6.57. The fraction of sp³-hybridized carbons (Fsp3) is 1.00. The fourth-order valence-electron chi connectivity index (χ4n) is 2.03. The van der Waals surface area contributed by atoms with Gasteiger partial charge in [0.15, 0.2) is 0 Å². The van der Waals surface area contributed by atoms with Crippen LogP contribution in [0.15, 0.2) is 0 Å². The second-order valence-electron chi connectivity index (χ2n) is 3.89. The van der Waals surface area contributed by atoms with E-state index in [4.69, 9.17) is 5.84 Å². The molecule has 0 amide bonds.